The lowest BCUT2D eigenvalue weighted by Crippen LogP contribution is -2.35. The predicted octanol–water partition coefficient (Wildman–Crippen LogP) is -0.777. The average Bonchev–Trinajstić information content (AvgIpc) is 2.67. The van der Waals surface area contributed by atoms with Crippen LogP contribution in [0.3, 0.4) is 0 Å². The highest BCUT2D eigenvalue weighted by Gasteiger charge is 2.20. The van der Waals surface area contributed by atoms with Crippen molar-refractivity contribution < 1.29 is 14.4 Å². The van der Waals surface area contributed by atoms with Gasteiger partial charge >= 0.3 is 0 Å². The van der Waals surface area contributed by atoms with Gasteiger partial charge in [-0.2, -0.15) is 4.98 Å². The second-order valence-corrected chi connectivity index (χ2v) is 2.79. The van der Waals surface area contributed by atoms with Crippen LogP contribution < -0.4 is 5.32 Å². The maximum Gasteiger partial charge on any atom is 0.252 e. The van der Waals surface area contributed by atoms with Gasteiger partial charge in [-0.3, -0.25) is 0 Å². The third-order valence-corrected chi connectivity index (χ3v) is 1.85. The number of nitrogens with one attached hydrogen (secondary N) is 1. The van der Waals surface area contributed by atoms with E-state index in [9.17, 15) is 0 Å². The van der Waals surface area contributed by atoms with E-state index in [1.807, 2.05) is 0 Å². The van der Waals surface area contributed by atoms with Crippen LogP contribution >= 0.6 is 0 Å². The molecule has 1 saturated heterocycles. The van der Waals surface area contributed by atoms with Gasteiger partial charge in [0, 0.05) is 6.54 Å². The zero-order chi connectivity index (χ0) is 9.10. The molecule has 1 aliphatic heterocycles. The number of rotatable bonds is 2. The van der Waals surface area contributed by atoms with Crippen LogP contribution in [0.15, 0.2) is 4.52 Å². The fourth-order valence-electron chi connectivity index (χ4n) is 1.21. The molecule has 1 atom stereocenters. The van der Waals surface area contributed by atoms with Crippen molar-refractivity contribution in [2.75, 3.05) is 19.8 Å². The molecule has 0 amide bonds. The third kappa shape index (κ3) is 1.85. The Hall–Kier alpha value is -0.980. The van der Waals surface area contributed by atoms with Gasteiger partial charge in [-0.15, -0.1) is 0 Å². The number of morpholine rings is 1. The normalized spacial score (nSPS) is 23.3. The maximum absolute atomic E-state index is 8.70. The van der Waals surface area contributed by atoms with E-state index in [2.05, 4.69) is 15.5 Å². The second-order valence-electron chi connectivity index (χ2n) is 2.79. The Morgan fingerprint density at radius 3 is 3.15 bits per heavy atom. The maximum atomic E-state index is 8.70. The summed E-state index contributed by atoms with van der Waals surface area (Å²) >= 11 is 0. The van der Waals surface area contributed by atoms with E-state index in [-0.39, 0.29) is 18.5 Å². The molecule has 13 heavy (non-hydrogen) atoms. The third-order valence-electron chi connectivity index (χ3n) is 1.85. The minimum absolute atomic E-state index is 0.0159. The topological polar surface area (TPSA) is 80.4 Å². The van der Waals surface area contributed by atoms with Crippen LogP contribution in [0.4, 0.5) is 0 Å². The average molecular weight is 185 g/mol. The van der Waals surface area contributed by atoms with Crippen molar-refractivity contribution in [2.24, 2.45) is 0 Å². The summed E-state index contributed by atoms with van der Waals surface area (Å²) in [6.07, 6.45) is 0. The molecule has 6 heteroatoms. The van der Waals surface area contributed by atoms with Crippen molar-refractivity contribution in [1.82, 2.24) is 15.5 Å². The molecule has 1 unspecified atom stereocenters. The molecule has 2 rings (SSSR count). The van der Waals surface area contributed by atoms with Crippen molar-refractivity contribution in [3.05, 3.63) is 11.7 Å². The van der Waals surface area contributed by atoms with Crippen LogP contribution in [-0.4, -0.2) is 35.0 Å². The quantitative estimate of drug-likeness (QED) is 0.629. The summed E-state index contributed by atoms with van der Waals surface area (Å²) in [7, 11) is 0. The minimum Gasteiger partial charge on any atom is -0.387 e. The first-order valence-corrected chi connectivity index (χ1v) is 4.14. The summed E-state index contributed by atoms with van der Waals surface area (Å²) in [4.78, 5) is 3.98. The number of ether oxygens (including phenoxy) is 1. The highest BCUT2D eigenvalue weighted by molar-refractivity contribution is 4.94. The van der Waals surface area contributed by atoms with Crippen LogP contribution in [-0.2, 0) is 11.3 Å². The molecular weight excluding hydrogens is 174 g/mol. The van der Waals surface area contributed by atoms with Crippen molar-refractivity contribution >= 4 is 0 Å². The van der Waals surface area contributed by atoms with Crippen LogP contribution in [0.2, 0.25) is 0 Å². The summed E-state index contributed by atoms with van der Waals surface area (Å²) in [5.74, 6) is 0.783. The first-order valence-electron chi connectivity index (χ1n) is 4.14. The van der Waals surface area contributed by atoms with E-state index >= 15 is 0 Å². The van der Waals surface area contributed by atoms with E-state index in [0.717, 1.165) is 6.54 Å². The molecular formula is C7H11N3O3. The number of hydrogen-bond acceptors (Lipinski definition) is 6. The minimum atomic E-state index is -0.222. The summed E-state index contributed by atoms with van der Waals surface area (Å²) in [6, 6.07) is -0.0159. The van der Waals surface area contributed by atoms with E-state index in [4.69, 9.17) is 14.4 Å². The number of aliphatic hydroxyl groups excluding tert-OH is 1. The SMILES string of the molecule is OCc1nc(C2COCCN2)no1. The van der Waals surface area contributed by atoms with Crippen molar-refractivity contribution in [1.29, 1.82) is 0 Å². The largest absolute Gasteiger partial charge is 0.387 e. The Kier molecular flexibility index (Phi) is 2.53. The van der Waals surface area contributed by atoms with Gasteiger partial charge in [0.15, 0.2) is 5.82 Å². The smallest absolute Gasteiger partial charge is 0.252 e. The van der Waals surface area contributed by atoms with Crippen molar-refractivity contribution in [3.63, 3.8) is 0 Å². The monoisotopic (exact) mass is 185 g/mol. The van der Waals surface area contributed by atoms with Gasteiger partial charge in [0.1, 0.15) is 6.61 Å². The van der Waals surface area contributed by atoms with E-state index in [0.29, 0.717) is 19.0 Å². The standard InChI is InChI=1S/C7H11N3O3/c11-3-6-9-7(10-13-6)5-4-12-2-1-8-5/h5,8,11H,1-4H2. The molecule has 0 aromatic carbocycles. The number of aromatic nitrogens is 2. The lowest BCUT2D eigenvalue weighted by atomic mass is 10.2. The molecule has 72 valence electrons. The molecule has 2 heterocycles. The summed E-state index contributed by atoms with van der Waals surface area (Å²) in [6.45, 7) is 1.82. The molecule has 1 aromatic rings. The lowest BCUT2D eigenvalue weighted by molar-refractivity contribution is 0.0734. The van der Waals surface area contributed by atoms with Gasteiger partial charge < -0.3 is 19.7 Å². The molecule has 0 spiro atoms. The van der Waals surface area contributed by atoms with E-state index in [1.54, 1.807) is 0 Å². The zero-order valence-electron chi connectivity index (χ0n) is 7.06. The number of aliphatic hydroxyl groups is 1. The molecule has 1 aromatic heterocycles. The van der Waals surface area contributed by atoms with Gasteiger partial charge in [-0.05, 0) is 0 Å². The number of hydrogen-bond donors (Lipinski definition) is 2. The van der Waals surface area contributed by atoms with Crippen molar-refractivity contribution in [3.8, 4) is 0 Å². The molecule has 2 N–H and O–H groups in total. The van der Waals surface area contributed by atoms with E-state index in [1.165, 1.54) is 0 Å². The molecule has 0 saturated carbocycles. The van der Waals surface area contributed by atoms with Crippen LogP contribution in [0.1, 0.15) is 17.8 Å². The van der Waals surface area contributed by atoms with Gasteiger partial charge in [0.2, 0.25) is 0 Å². The Morgan fingerprint density at radius 1 is 1.62 bits per heavy atom. The first kappa shape index (κ1) is 8.61. The Labute approximate surface area is 74.9 Å². The van der Waals surface area contributed by atoms with Gasteiger partial charge in [-0.1, -0.05) is 5.16 Å². The summed E-state index contributed by atoms with van der Waals surface area (Å²) in [5, 5.41) is 15.6. The Morgan fingerprint density at radius 2 is 2.54 bits per heavy atom. The zero-order valence-corrected chi connectivity index (χ0v) is 7.06. The van der Waals surface area contributed by atoms with Crippen LogP contribution in [0.25, 0.3) is 0 Å². The summed E-state index contributed by atoms with van der Waals surface area (Å²) < 4.78 is 9.99. The fourth-order valence-corrected chi connectivity index (χ4v) is 1.21. The molecule has 0 bridgehead atoms. The van der Waals surface area contributed by atoms with E-state index < -0.39 is 0 Å². The van der Waals surface area contributed by atoms with Gasteiger partial charge in [0.25, 0.3) is 5.89 Å². The molecule has 1 aliphatic rings. The lowest BCUT2D eigenvalue weighted by Gasteiger charge is -2.20. The second kappa shape index (κ2) is 3.82. The van der Waals surface area contributed by atoms with Crippen LogP contribution in [0, 0.1) is 0 Å². The highest BCUT2D eigenvalue weighted by Crippen LogP contribution is 2.11. The van der Waals surface area contributed by atoms with Crippen LogP contribution in [0.5, 0.6) is 0 Å². The summed E-state index contributed by atoms with van der Waals surface area (Å²) in [5.41, 5.74) is 0. The molecule has 0 radical (unpaired) electrons. The molecule has 1 fully saturated rings. The van der Waals surface area contributed by atoms with Gasteiger partial charge in [0.05, 0.1) is 19.3 Å². The predicted molar refractivity (Wildman–Crippen MR) is 41.8 cm³/mol. The van der Waals surface area contributed by atoms with Gasteiger partial charge in [-0.25, -0.2) is 0 Å². The number of nitrogens with zero attached hydrogens (tertiary/aromatic N) is 2. The highest BCUT2D eigenvalue weighted by atomic mass is 16.5. The Bertz CT molecular complexity index is 270. The van der Waals surface area contributed by atoms with Crippen molar-refractivity contribution in [2.45, 2.75) is 12.6 Å². The Balaban J connectivity index is 2.05. The first-order chi connectivity index (χ1) is 6.40. The fraction of sp³-hybridized carbons (Fsp3) is 0.714. The molecule has 0 aliphatic carbocycles. The molecule has 6 nitrogen and oxygen atoms in total.